The molecule has 1 unspecified atom stereocenters. The predicted octanol–water partition coefficient (Wildman–Crippen LogP) is 3.19. The highest BCUT2D eigenvalue weighted by Crippen LogP contribution is 2.31. The molecule has 0 saturated carbocycles. The molecule has 62 valence electrons. The number of hydrogen-bond acceptors (Lipinski definition) is 1. The van der Waals surface area contributed by atoms with Crippen LogP contribution in [0.1, 0.15) is 33.1 Å². The van der Waals surface area contributed by atoms with Crippen LogP contribution in [-0.2, 0) is 0 Å². The molecule has 1 N–H and O–H groups in total. The van der Waals surface area contributed by atoms with Crippen molar-refractivity contribution >= 4 is 0 Å². The lowest BCUT2D eigenvalue weighted by molar-refractivity contribution is 0.312. The van der Waals surface area contributed by atoms with Crippen LogP contribution in [0.5, 0.6) is 0 Å². The van der Waals surface area contributed by atoms with Crippen LogP contribution in [-0.4, -0.2) is 5.11 Å². The van der Waals surface area contributed by atoms with Crippen molar-refractivity contribution in [3.63, 3.8) is 0 Å². The fraction of sp³-hybridized carbons (Fsp3) is 0.600. The maximum atomic E-state index is 9.16. The fourth-order valence-electron chi connectivity index (χ4n) is 1.53. The first-order valence-corrected chi connectivity index (χ1v) is 4.14. The Bertz CT molecular complexity index is 201. The summed E-state index contributed by atoms with van der Waals surface area (Å²) in [6.45, 7) is 7.89. The quantitative estimate of drug-likeness (QED) is 0.452. The van der Waals surface area contributed by atoms with Crippen LogP contribution >= 0.6 is 0 Å². The molecular weight excluding hydrogens is 136 g/mol. The summed E-state index contributed by atoms with van der Waals surface area (Å²) in [5, 5.41) is 9.16. The van der Waals surface area contributed by atoms with Crippen LogP contribution < -0.4 is 0 Å². The molecule has 0 aromatic rings. The summed E-state index contributed by atoms with van der Waals surface area (Å²) in [5.74, 6) is 0.676. The average Bonchev–Trinajstić information content (AvgIpc) is 1.94. The van der Waals surface area contributed by atoms with Crippen molar-refractivity contribution in [2.75, 3.05) is 0 Å². The van der Waals surface area contributed by atoms with E-state index in [9.17, 15) is 0 Å². The molecule has 0 amide bonds. The van der Waals surface area contributed by atoms with Gasteiger partial charge in [0.05, 0.1) is 5.76 Å². The van der Waals surface area contributed by atoms with Gasteiger partial charge in [-0.2, -0.15) is 0 Å². The van der Waals surface area contributed by atoms with Crippen molar-refractivity contribution in [1.29, 1.82) is 0 Å². The molecule has 0 bridgehead atoms. The Morgan fingerprint density at radius 2 is 2.09 bits per heavy atom. The van der Waals surface area contributed by atoms with Crippen LogP contribution in [0.3, 0.4) is 0 Å². The monoisotopic (exact) mass is 152 g/mol. The molecule has 1 rings (SSSR count). The zero-order valence-electron chi connectivity index (χ0n) is 7.35. The third-order valence-corrected chi connectivity index (χ3v) is 2.62. The number of aliphatic hydroxyl groups is 1. The van der Waals surface area contributed by atoms with Crippen LogP contribution in [0, 0.1) is 5.92 Å². The first kappa shape index (κ1) is 8.38. The first-order valence-electron chi connectivity index (χ1n) is 4.14. The van der Waals surface area contributed by atoms with Gasteiger partial charge in [0, 0.05) is 5.92 Å². The SMILES string of the molecule is C=C(O)C1CCC(C)=C(C)C1. The lowest BCUT2D eigenvalue weighted by atomic mass is 9.84. The molecule has 1 aliphatic rings. The number of hydrogen-bond donors (Lipinski definition) is 1. The first-order chi connectivity index (χ1) is 5.11. The minimum absolute atomic E-state index is 0.318. The van der Waals surface area contributed by atoms with Gasteiger partial charge in [-0.1, -0.05) is 17.7 Å². The fourth-order valence-corrected chi connectivity index (χ4v) is 1.53. The largest absolute Gasteiger partial charge is 0.513 e. The van der Waals surface area contributed by atoms with Gasteiger partial charge < -0.3 is 5.11 Å². The maximum Gasteiger partial charge on any atom is 0.0885 e. The molecule has 0 fully saturated rings. The van der Waals surface area contributed by atoms with Crippen LogP contribution in [0.4, 0.5) is 0 Å². The van der Waals surface area contributed by atoms with Crippen molar-refractivity contribution in [2.24, 2.45) is 5.92 Å². The maximum absolute atomic E-state index is 9.16. The van der Waals surface area contributed by atoms with Gasteiger partial charge in [0.15, 0.2) is 0 Å². The highest BCUT2D eigenvalue weighted by Gasteiger charge is 2.18. The van der Waals surface area contributed by atoms with E-state index in [2.05, 4.69) is 20.4 Å². The summed E-state index contributed by atoms with van der Waals surface area (Å²) >= 11 is 0. The second kappa shape index (κ2) is 3.12. The average molecular weight is 152 g/mol. The van der Waals surface area contributed by atoms with Gasteiger partial charge in [0.2, 0.25) is 0 Å². The Kier molecular flexibility index (Phi) is 2.38. The van der Waals surface area contributed by atoms with Crippen molar-refractivity contribution in [3.8, 4) is 0 Å². The van der Waals surface area contributed by atoms with Crippen LogP contribution in [0.2, 0.25) is 0 Å². The second-order valence-corrected chi connectivity index (χ2v) is 3.49. The van der Waals surface area contributed by atoms with Gasteiger partial charge in [-0.05, 0) is 33.1 Å². The van der Waals surface area contributed by atoms with E-state index in [1.165, 1.54) is 11.1 Å². The molecule has 0 spiro atoms. The summed E-state index contributed by atoms with van der Waals surface area (Å²) in [6.07, 6.45) is 3.19. The third kappa shape index (κ3) is 1.86. The molecule has 1 nitrogen and oxygen atoms in total. The summed E-state index contributed by atoms with van der Waals surface area (Å²) in [7, 11) is 0. The topological polar surface area (TPSA) is 20.2 Å². The summed E-state index contributed by atoms with van der Waals surface area (Å²) in [5.41, 5.74) is 2.92. The van der Waals surface area contributed by atoms with Gasteiger partial charge >= 0.3 is 0 Å². The lowest BCUT2D eigenvalue weighted by Crippen LogP contribution is -2.09. The van der Waals surface area contributed by atoms with Crippen molar-refractivity contribution < 1.29 is 5.11 Å². The highest BCUT2D eigenvalue weighted by atomic mass is 16.3. The van der Waals surface area contributed by atoms with E-state index in [-0.39, 0.29) is 0 Å². The molecule has 0 heterocycles. The summed E-state index contributed by atoms with van der Waals surface area (Å²) in [6, 6.07) is 0. The molecule has 0 saturated heterocycles. The minimum atomic E-state index is 0.318. The van der Waals surface area contributed by atoms with Crippen molar-refractivity contribution in [3.05, 3.63) is 23.5 Å². The standard InChI is InChI=1S/C10H16O/c1-7-4-5-10(9(3)11)6-8(7)2/h10-11H,3-6H2,1-2H3. The molecule has 0 aromatic heterocycles. The second-order valence-electron chi connectivity index (χ2n) is 3.49. The zero-order valence-corrected chi connectivity index (χ0v) is 7.35. The molecule has 1 heteroatoms. The summed E-state index contributed by atoms with van der Waals surface area (Å²) in [4.78, 5) is 0. The Hall–Kier alpha value is -0.720. The Morgan fingerprint density at radius 3 is 2.55 bits per heavy atom. The Balaban J connectivity index is 2.64. The molecule has 1 atom stereocenters. The van der Waals surface area contributed by atoms with E-state index in [1.807, 2.05) is 0 Å². The molecule has 0 radical (unpaired) electrons. The van der Waals surface area contributed by atoms with E-state index in [0.717, 1.165) is 19.3 Å². The van der Waals surface area contributed by atoms with Gasteiger partial charge in [-0.3, -0.25) is 0 Å². The van der Waals surface area contributed by atoms with E-state index >= 15 is 0 Å². The molecular formula is C10H16O. The third-order valence-electron chi connectivity index (χ3n) is 2.62. The Labute approximate surface area is 68.4 Å². The number of rotatable bonds is 1. The van der Waals surface area contributed by atoms with Crippen LogP contribution in [0.15, 0.2) is 23.5 Å². The van der Waals surface area contributed by atoms with Gasteiger partial charge in [-0.15, -0.1) is 0 Å². The van der Waals surface area contributed by atoms with Crippen molar-refractivity contribution in [1.82, 2.24) is 0 Å². The Morgan fingerprint density at radius 1 is 1.45 bits per heavy atom. The van der Waals surface area contributed by atoms with Gasteiger partial charge in [0.25, 0.3) is 0 Å². The van der Waals surface area contributed by atoms with Gasteiger partial charge in [0.1, 0.15) is 0 Å². The molecule has 1 aliphatic carbocycles. The molecule has 11 heavy (non-hydrogen) atoms. The van der Waals surface area contributed by atoms with E-state index in [0.29, 0.717) is 11.7 Å². The van der Waals surface area contributed by atoms with E-state index in [4.69, 9.17) is 5.11 Å². The molecule has 0 aromatic carbocycles. The van der Waals surface area contributed by atoms with Gasteiger partial charge in [-0.25, -0.2) is 0 Å². The normalized spacial score (nSPS) is 25.5. The molecule has 0 aliphatic heterocycles. The number of allylic oxidation sites excluding steroid dienone is 3. The number of aliphatic hydroxyl groups excluding tert-OH is 1. The smallest absolute Gasteiger partial charge is 0.0885 e. The zero-order chi connectivity index (χ0) is 8.43. The summed E-state index contributed by atoms with van der Waals surface area (Å²) < 4.78 is 0. The van der Waals surface area contributed by atoms with Crippen molar-refractivity contribution in [2.45, 2.75) is 33.1 Å². The minimum Gasteiger partial charge on any atom is -0.513 e. The lowest BCUT2D eigenvalue weighted by Gasteiger charge is -2.22. The van der Waals surface area contributed by atoms with E-state index in [1.54, 1.807) is 0 Å². The van der Waals surface area contributed by atoms with E-state index < -0.39 is 0 Å². The van der Waals surface area contributed by atoms with Crippen LogP contribution in [0.25, 0.3) is 0 Å². The highest BCUT2D eigenvalue weighted by molar-refractivity contribution is 5.16. The predicted molar refractivity (Wildman–Crippen MR) is 47.5 cm³/mol.